The minimum Gasteiger partial charge on any atom is -0.343 e. The van der Waals surface area contributed by atoms with Gasteiger partial charge in [0.15, 0.2) is 5.78 Å². The van der Waals surface area contributed by atoms with Crippen molar-refractivity contribution in [2.75, 3.05) is 11.9 Å². The second kappa shape index (κ2) is 9.62. The van der Waals surface area contributed by atoms with Gasteiger partial charge >= 0.3 is 0 Å². The van der Waals surface area contributed by atoms with Crippen LogP contribution in [0, 0.1) is 0 Å². The maximum Gasteiger partial charge on any atom is 0.251 e. The van der Waals surface area contributed by atoms with Crippen LogP contribution >= 0.6 is 31.9 Å². The maximum atomic E-state index is 12.8. The molecular formula is C22H16Br2N2O3. The van der Waals surface area contributed by atoms with Crippen molar-refractivity contribution >= 4 is 55.1 Å². The van der Waals surface area contributed by atoms with E-state index in [1.54, 1.807) is 60.7 Å². The van der Waals surface area contributed by atoms with E-state index in [0.717, 1.165) is 8.95 Å². The fourth-order valence-electron chi connectivity index (χ4n) is 2.65. The van der Waals surface area contributed by atoms with Crippen molar-refractivity contribution in [3.63, 3.8) is 0 Å². The van der Waals surface area contributed by atoms with Crippen LogP contribution in [0.3, 0.4) is 0 Å². The molecule has 0 spiro atoms. The third-order valence-electron chi connectivity index (χ3n) is 4.03. The van der Waals surface area contributed by atoms with Crippen molar-refractivity contribution in [2.24, 2.45) is 0 Å². The Balaban J connectivity index is 1.70. The quantitative estimate of drug-likeness (QED) is 0.462. The molecule has 0 aliphatic rings. The number of amides is 2. The van der Waals surface area contributed by atoms with Crippen LogP contribution in [0.5, 0.6) is 0 Å². The number of hydrogen-bond acceptors (Lipinski definition) is 3. The molecule has 0 atom stereocenters. The number of halogens is 2. The van der Waals surface area contributed by atoms with Crippen molar-refractivity contribution in [1.82, 2.24) is 5.32 Å². The van der Waals surface area contributed by atoms with E-state index in [9.17, 15) is 14.4 Å². The van der Waals surface area contributed by atoms with Crippen molar-refractivity contribution in [3.8, 4) is 0 Å². The van der Waals surface area contributed by atoms with Gasteiger partial charge in [-0.15, -0.1) is 0 Å². The zero-order chi connectivity index (χ0) is 20.8. The number of rotatable bonds is 6. The molecule has 0 aliphatic carbocycles. The molecule has 3 aromatic carbocycles. The largest absolute Gasteiger partial charge is 0.343 e. The molecule has 7 heteroatoms. The minimum atomic E-state index is -0.433. The van der Waals surface area contributed by atoms with Crippen LogP contribution in [0.4, 0.5) is 5.69 Å². The smallest absolute Gasteiger partial charge is 0.251 e. The van der Waals surface area contributed by atoms with Gasteiger partial charge in [-0.3, -0.25) is 14.4 Å². The zero-order valence-corrected chi connectivity index (χ0v) is 18.3. The number of carbonyl (C=O) groups is 3. The average molecular weight is 516 g/mol. The van der Waals surface area contributed by atoms with E-state index in [1.807, 2.05) is 12.1 Å². The van der Waals surface area contributed by atoms with Crippen molar-refractivity contribution < 1.29 is 14.4 Å². The molecule has 29 heavy (non-hydrogen) atoms. The lowest BCUT2D eigenvalue weighted by Crippen LogP contribution is -2.33. The van der Waals surface area contributed by atoms with Crippen LogP contribution in [-0.4, -0.2) is 24.1 Å². The number of nitrogens with one attached hydrogen (secondary N) is 2. The Hall–Kier alpha value is -2.77. The number of hydrogen-bond donors (Lipinski definition) is 2. The summed E-state index contributed by atoms with van der Waals surface area (Å²) in [4.78, 5) is 37.4. The van der Waals surface area contributed by atoms with Crippen molar-refractivity contribution in [3.05, 3.63) is 98.4 Å². The van der Waals surface area contributed by atoms with Crippen LogP contribution in [0.2, 0.25) is 0 Å². The highest BCUT2D eigenvalue weighted by Gasteiger charge is 2.16. The predicted octanol–water partition coefficient (Wildman–Crippen LogP) is 4.81. The third kappa shape index (κ3) is 5.62. The zero-order valence-electron chi connectivity index (χ0n) is 15.1. The van der Waals surface area contributed by atoms with Gasteiger partial charge < -0.3 is 10.6 Å². The second-order valence-corrected chi connectivity index (χ2v) is 7.96. The fourth-order valence-corrected chi connectivity index (χ4v) is 3.41. The summed E-state index contributed by atoms with van der Waals surface area (Å²) in [5.74, 6) is -1.00. The van der Waals surface area contributed by atoms with E-state index in [1.165, 1.54) is 0 Å². The molecule has 0 heterocycles. The molecule has 0 aliphatic heterocycles. The number of carbonyl (C=O) groups excluding carboxylic acids is 3. The first-order valence-electron chi connectivity index (χ1n) is 8.67. The van der Waals surface area contributed by atoms with Gasteiger partial charge in [-0.05, 0) is 36.4 Å². The molecule has 2 N–H and O–H groups in total. The Labute approximate surface area is 184 Å². The molecule has 0 fully saturated rings. The molecule has 3 aromatic rings. The van der Waals surface area contributed by atoms with Gasteiger partial charge in [0, 0.05) is 25.6 Å². The van der Waals surface area contributed by atoms with E-state index in [4.69, 9.17) is 0 Å². The number of benzene rings is 3. The Bertz CT molecular complexity index is 1070. The normalized spacial score (nSPS) is 10.3. The average Bonchev–Trinajstić information content (AvgIpc) is 2.73. The standard InChI is InChI=1S/C22H16Br2N2O3/c23-16-8-4-7-15(11-16)22(29)25-13-20(27)26-19-10-9-17(24)12-18(19)21(28)14-5-2-1-3-6-14/h1-12H,13H2,(H,25,29)(H,26,27). The van der Waals surface area contributed by atoms with Gasteiger partial charge in [-0.25, -0.2) is 0 Å². The highest BCUT2D eigenvalue weighted by Crippen LogP contribution is 2.24. The van der Waals surface area contributed by atoms with E-state index in [2.05, 4.69) is 42.5 Å². The molecule has 2 amide bonds. The van der Waals surface area contributed by atoms with Gasteiger partial charge in [-0.1, -0.05) is 68.3 Å². The van der Waals surface area contributed by atoms with Crippen LogP contribution < -0.4 is 10.6 Å². The highest BCUT2D eigenvalue weighted by atomic mass is 79.9. The minimum absolute atomic E-state index is 0.208. The first-order valence-corrected chi connectivity index (χ1v) is 10.3. The topological polar surface area (TPSA) is 75.3 Å². The summed E-state index contributed by atoms with van der Waals surface area (Å²) in [6, 6.07) is 20.7. The van der Waals surface area contributed by atoms with Gasteiger partial charge in [0.05, 0.1) is 12.2 Å². The summed E-state index contributed by atoms with van der Waals surface area (Å²) in [7, 11) is 0. The van der Waals surface area contributed by atoms with E-state index in [0.29, 0.717) is 22.4 Å². The molecule has 5 nitrogen and oxygen atoms in total. The Morgan fingerprint density at radius 3 is 2.17 bits per heavy atom. The molecular weight excluding hydrogens is 500 g/mol. The SMILES string of the molecule is O=C(CNC(=O)c1cccc(Br)c1)Nc1ccc(Br)cc1C(=O)c1ccccc1. The Morgan fingerprint density at radius 1 is 0.759 bits per heavy atom. The Kier molecular flexibility index (Phi) is 6.95. The van der Waals surface area contributed by atoms with Crippen LogP contribution in [0.1, 0.15) is 26.3 Å². The molecule has 146 valence electrons. The van der Waals surface area contributed by atoms with Gasteiger partial charge in [-0.2, -0.15) is 0 Å². The van der Waals surface area contributed by atoms with Crippen LogP contribution in [-0.2, 0) is 4.79 Å². The summed E-state index contributed by atoms with van der Waals surface area (Å²) in [6.07, 6.45) is 0. The van der Waals surface area contributed by atoms with E-state index < -0.39 is 5.91 Å². The van der Waals surface area contributed by atoms with Gasteiger partial charge in [0.1, 0.15) is 0 Å². The lowest BCUT2D eigenvalue weighted by atomic mass is 10.0. The third-order valence-corrected chi connectivity index (χ3v) is 5.02. The molecule has 0 radical (unpaired) electrons. The summed E-state index contributed by atoms with van der Waals surface area (Å²) < 4.78 is 1.49. The lowest BCUT2D eigenvalue weighted by Gasteiger charge is -2.12. The van der Waals surface area contributed by atoms with Crippen molar-refractivity contribution in [2.45, 2.75) is 0 Å². The highest BCUT2D eigenvalue weighted by molar-refractivity contribution is 9.10. The maximum absolute atomic E-state index is 12.8. The second-order valence-electron chi connectivity index (χ2n) is 6.13. The van der Waals surface area contributed by atoms with E-state index in [-0.39, 0.29) is 18.2 Å². The summed E-state index contributed by atoms with van der Waals surface area (Å²) in [5, 5.41) is 5.27. The summed E-state index contributed by atoms with van der Waals surface area (Å²) >= 11 is 6.67. The Morgan fingerprint density at radius 2 is 1.45 bits per heavy atom. The molecule has 3 rings (SSSR count). The monoisotopic (exact) mass is 514 g/mol. The lowest BCUT2D eigenvalue weighted by molar-refractivity contribution is -0.115. The van der Waals surface area contributed by atoms with Crippen LogP contribution in [0.25, 0.3) is 0 Å². The van der Waals surface area contributed by atoms with Gasteiger partial charge in [0.25, 0.3) is 5.91 Å². The first-order chi connectivity index (χ1) is 13.9. The summed E-state index contributed by atoms with van der Waals surface area (Å²) in [5.41, 5.74) is 1.70. The first kappa shape index (κ1) is 21.0. The molecule has 0 saturated carbocycles. The number of ketones is 1. The summed E-state index contributed by atoms with van der Waals surface area (Å²) in [6.45, 7) is -0.222. The van der Waals surface area contributed by atoms with E-state index >= 15 is 0 Å². The molecule has 0 unspecified atom stereocenters. The van der Waals surface area contributed by atoms with Crippen molar-refractivity contribution in [1.29, 1.82) is 0 Å². The number of anilines is 1. The fraction of sp³-hybridized carbons (Fsp3) is 0.0455. The molecule has 0 saturated heterocycles. The van der Waals surface area contributed by atoms with Crippen LogP contribution in [0.15, 0.2) is 81.7 Å². The molecule has 0 bridgehead atoms. The predicted molar refractivity (Wildman–Crippen MR) is 119 cm³/mol. The van der Waals surface area contributed by atoms with Gasteiger partial charge in [0.2, 0.25) is 5.91 Å². The molecule has 0 aromatic heterocycles.